The largest absolute Gasteiger partial charge is 0.460 e. The zero-order chi connectivity index (χ0) is 16.3. The van der Waals surface area contributed by atoms with Gasteiger partial charge >= 0.3 is 5.97 Å². The Hall–Kier alpha value is -0.650. The monoisotopic (exact) mass is 311 g/mol. The summed E-state index contributed by atoms with van der Waals surface area (Å²) < 4.78 is 5.56. The maximum absolute atomic E-state index is 12.3. The van der Waals surface area contributed by atoms with E-state index in [1.54, 1.807) is 0 Å². The second kappa shape index (κ2) is 7.28. The lowest BCUT2D eigenvalue weighted by Crippen LogP contribution is -2.57. The number of rotatable bonds is 3. The number of hydrogen-bond donors (Lipinski definition) is 1. The molecule has 0 bridgehead atoms. The molecule has 0 aromatic rings. The average molecular weight is 311 g/mol. The Morgan fingerprint density at radius 2 is 1.77 bits per heavy atom. The van der Waals surface area contributed by atoms with Gasteiger partial charge in [-0.05, 0) is 41.0 Å². The predicted octanol–water partition coefficient (Wildman–Crippen LogP) is 1.33. The molecule has 22 heavy (non-hydrogen) atoms. The van der Waals surface area contributed by atoms with Crippen molar-refractivity contribution in [1.82, 2.24) is 15.1 Å². The van der Waals surface area contributed by atoms with Gasteiger partial charge in [0.2, 0.25) is 0 Å². The lowest BCUT2D eigenvalue weighted by Gasteiger charge is -2.43. The van der Waals surface area contributed by atoms with Gasteiger partial charge in [-0.15, -0.1) is 0 Å². The molecule has 0 radical (unpaired) electrons. The molecular formula is C17H33N3O2. The maximum atomic E-state index is 12.3. The standard InChI is InChI=1S/C17H33N3O2/c1-13(2)19-6-8-20(9-7-19)15-10-14(11-18-12-15)16(21)22-17(3,4)5/h13-15,18H,6-12H2,1-5H3. The summed E-state index contributed by atoms with van der Waals surface area (Å²) in [4.78, 5) is 17.4. The molecule has 2 saturated heterocycles. The number of nitrogens with zero attached hydrogens (tertiary/aromatic N) is 2. The molecule has 5 nitrogen and oxygen atoms in total. The van der Waals surface area contributed by atoms with E-state index in [1.165, 1.54) is 0 Å². The van der Waals surface area contributed by atoms with E-state index in [4.69, 9.17) is 4.74 Å². The van der Waals surface area contributed by atoms with Gasteiger partial charge in [0.1, 0.15) is 5.60 Å². The molecule has 2 heterocycles. The van der Waals surface area contributed by atoms with Crippen LogP contribution in [-0.2, 0) is 9.53 Å². The SMILES string of the molecule is CC(C)N1CCN(C2CNCC(C(=O)OC(C)(C)C)C2)CC1. The van der Waals surface area contributed by atoms with Crippen LogP contribution in [0.25, 0.3) is 0 Å². The number of hydrogen-bond acceptors (Lipinski definition) is 5. The van der Waals surface area contributed by atoms with Crippen LogP contribution in [-0.4, -0.2) is 72.7 Å². The molecule has 2 aliphatic rings. The highest BCUT2D eigenvalue weighted by Crippen LogP contribution is 2.21. The van der Waals surface area contributed by atoms with Crippen molar-refractivity contribution >= 4 is 5.97 Å². The van der Waals surface area contributed by atoms with E-state index in [1.807, 2.05) is 20.8 Å². The third-order valence-electron chi connectivity index (χ3n) is 4.66. The van der Waals surface area contributed by atoms with Crippen LogP contribution in [0.1, 0.15) is 41.0 Å². The minimum atomic E-state index is -0.396. The van der Waals surface area contributed by atoms with E-state index in [0.29, 0.717) is 12.1 Å². The molecule has 0 aliphatic carbocycles. The molecule has 0 aromatic carbocycles. The molecule has 5 heteroatoms. The highest BCUT2D eigenvalue weighted by molar-refractivity contribution is 5.73. The van der Waals surface area contributed by atoms with Gasteiger partial charge in [-0.25, -0.2) is 0 Å². The second-order valence-corrected chi connectivity index (χ2v) is 7.94. The molecule has 2 aliphatic heterocycles. The van der Waals surface area contributed by atoms with Crippen LogP contribution in [0, 0.1) is 5.92 Å². The summed E-state index contributed by atoms with van der Waals surface area (Å²) in [7, 11) is 0. The summed E-state index contributed by atoms with van der Waals surface area (Å²) in [6.45, 7) is 16.5. The van der Waals surface area contributed by atoms with Crippen LogP contribution in [0.15, 0.2) is 0 Å². The molecule has 2 unspecified atom stereocenters. The van der Waals surface area contributed by atoms with E-state index in [0.717, 1.165) is 45.7 Å². The molecule has 0 aromatic heterocycles. The summed E-state index contributed by atoms with van der Waals surface area (Å²) in [5.74, 6) is -0.0633. The normalized spacial score (nSPS) is 28.8. The Morgan fingerprint density at radius 1 is 1.14 bits per heavy atom. The zero-order valence-corrected chi connectivity index (χ0v) is 14.9. The van der Waals surface area contributed by atoms with Gasteiger partial charge in [0.25, 0.3) is 0 Å². The first-order chi connectivity index (χ1) is 10.3. The molecule has 128 valence electrons. The lowest BCUT2D eigenvalue weighted by atomic mass is 9.94. The van der Waals surface area contributed by atoms with Crippen LogP contribution < -0.4 is 5.32 Å². The van der Waals surface area contributed by atoms with Gasteiger partial charge in [0.05, 0.1) is 5.92 Å². The van der Waals surface area contributed by atoms with Crippen molar-refractivity contribution in [3.63, 3.8) is 0 Å². The van der Waals surface area contributed by atoms with Crippen molar-refractivity contribution in [3.05, 3.63) is 0 Å². The highest BCUT2D eigenvalue weighted by atomic mass is 16.6. The fraction of sp³-hybridized carbons (Fsp3) is 0.941. The summed E-state index contributed by atoms with van der Waals surface area (Å²) in [6.07, 6.45) is 0.920. The molecule has 0 saturated carbocycles. The molecule has 1 N–H and O–H groups in total. The van der Waals surface area contributed by atoms with Gasteiger partial charge in [-0.1, -0.05) is 0 Å². The van der Waals surface area contributed by atoms with E-state index < -0.39 is 5.60 Å². The van der Waals surface area contributed by atoms with E-state index in [-0.39, 0.29) is 11.9 Å². The van der Waals surface area contributed by atoms with E-state index in [9.17, 15) is 4.79 Å². The smallest absolute Gasteiger partial charge is 0.310 e. The first-order valence-electron chi connectivity index (χ1n) is 8.68. The minimum absolute atomic E-state index is 0.0129. The van der Waals surface area contributed by atoms with Gasteiger partial charge in [-0.2, -0.15) is 0 Å². The predicted molar refractivity (Wildman–Crippen MR) is 88.9 cm³/mol. The highest BCUT2D eigenvalue weighted by Gasteiger charge is 2.34. The van der Waals surface area contributed by atoms with Crippen molar-refractivity contribution in [2.75, 3.05) is 39.3 Å². The molecule has 2 atom stereocenters. The van der Waals surface area contributed by atoms with Crippen LogP contribution in [0.4, 0.5) is 0 Å². The van der Waals surface area contributed by atoms with Crippen LogP contribution >= 0.6 is 0 Å². The Labute approximate surface area is 135 Å². The topological polar surface area (TPSA) is 44.8 Å². The number of carbonyl (C=O) groups is 1. The minimum Gasteiger partial charge on any atom is -0.460 e. The fourth-order valence-corrected chi connectivity index (χ4v) is 3.38. The molecule has 0 spiro atoms. The zero-order valence-electron chi connectivity index (χ0n) is 14.9. The quantitative estimate of drug-likeness (QED) is 0.797. The Morgan fingerprint density at radius 3 is 2.32 bits per heavy atom. The molecule has 2 fully saturated rings. The molecule has 0 amide bonds. The summed E-state index contributed by atoms with van der Waals surface area (Å²) in [5.41, 5.74) is -0.396. The number of piperidine rings is 1. The van der Waals surface area contributed by atoms with Crippen molar-refractivity contribution in [3.8, 4) is 0 Å². The number of piperazine rings is 1. The van der Waals surface area contributed by atoms with E-state index in [2.05, 4.69) is 29.0 Å². The molecular weight excluding hydrogens is 278 g/mol. The number of carbonyl (C=O) groups excluding carboxylic acids is 1. The van der Waals surface area contributed by atoms with E-state index >= 15 is 0 Å². The summed E-state index contributed by atoms with van der Waals surface area (Å²) >= 11 is 0. The third kappa shape index (κ3) is 4.93. The fourth-order valence-electron chi connectivity index (χ4n) is 3.38. The average Bonchev–Trinajstić information content (AvgIpc) is 2.46. The first kappa shape index (κ1) is 17.7. The second-order valence-electron chi connectivity index (χ2n) is 7.94. The van der Waals surface area contributed by atoms with Gasteiger partial charge in [-0.3, -0.25) is 14.6 Å². The van der Waals surface area contributed by atoms with Crippen molar-refractivity contribution in [2.45, 2.75) is 58.7 Å². The molecule has 2 rings (SSSR count). The van der Waals surface area contributed by atoms with Gasteiger partial charge < -0.3 is 10.1 Å². The van der Waals surface area contributed by atoms with Crippen LogP contribution in [0.2, 0.25) is 0 Å². The number of nitrogens with one attached hydrogen (secondary N) is 1. The van der Waals surface area contributed by atoms with Crippen LogP contribution in [0.5, 0.6) is 0 Å². The number of esters is 1. The lowest BCUT2D eigenvalue weighted by molar-refractivity contribution is -0.161. The maximum Gasteiger partial charge on any atom is 0.310 e. The summed E-state index contributed by atoms with van der Waals surface area (Å²) in [5, 5.41) is 3.43. The first-order valence-corrected chi connectivity index (χ1v) is 8.68. The number of ether oxygens (including phenoxy) is 1. The Kier molecular flexibility index (Phi) is 5.86. The van der Waals surface area contributed by atoms with Gasteiger partial charge in [0.15, 0.2) is 0 Å². The van der Waals surface area contributed by atoms with Crippen molar-refractivity contribution in [2.24, 2.45) is 5.92 Å². The van der Waals surface area contributed by atoms with Crippen LogP contribution in [0.3, 0.4) is 0 Å². The van der Waals surface area contributed by atoms with Crippen molar-refractivity contribution < 1.29 is 9.53 Å². The summed E-state index contributed by atoms with van der Waals surface area (Å²) in [6, 6.07) is 1.08. The van der Waals surface area contributed by atoms with Gasteiger partial charge in [0, 0.05) is 51.4 Å². The van der Waals surface area contributed by atoms with Crippen molar-refractivity contribution in [1.29, 1.82) is 0 Å². The Bertz CT molecular complexity index is 371. The third-order valence-corrected chi connectivity index (χ3v) is 4.66. The Balaban J connectivity index is 1.85.